The van der Waals surface area contributed by atoms with Crippen molar-refractivity contribution in [2.45, 2.75) is 38.3 Å². The van der Waals surface area contributed by atoms with Crippen LogP contribution in [-0.4, -0.2) is 49.0 Å². The Balaban J connectivity index is 1.33. The molecule has 0 spiro atoms. The molecule has 6 nitrogen and oxygen atoms in total. The number of hydrogen-bond donors (Lipinski definition) is 1. The number of imide groups is 1. The summed E-state index contributed by atoms with van der Waals surface area (Å²) < 4.78 is 5.61. The third kappa shape index (κ3) is 4.70. The zero-order valence-corrected chi connectivity index (χ0v) is 18.7. The summed E-state index contributed by atoms with van der Waals surface area (Å²) in [6.45, 7) is 1.36. The fourth-order valence-electron chi connectivity index (χ4n) is 4.46. The van der Waals surface area contributed by atoms with E-state index < -0.39 is 0 Å². The van der Waals surface area contributed by atoms with Crippen molar-refractivity contribution in [3.63, 3.8) is 0 Å². The first-order valence-electron chi connectivity index (χ1n) is 10.7. The molecule has 1 unspecified atom stereocenters. The van der Waals surface area contributed by atoms with Crippen molar-refractivity contribution in [3.8, 4) is 5.75 Å². The molecule has 2 aliphatic rings. The molecule has 0 bridgehead atoms. The molecular formula is C24H28ClN3O3. The molecule has 7 heteroatoms. The average molecular weight is 442 g/mol. The molecule has 1 aliphatic heterocycles. The van der Waals surface area contributed by atoms with Crippen molar-refractivity contribution in [1.29, 1.82) is 0 Å². The highest BCUT2D eigenvalue weighted by Crippen LogP contribution is 2.33. The molecule has 3 amide bonds. The maximum absolute atomic E-state index is 12.0. The number of methoxy groups -OCH3 is 1. The molecule has 1 fully saturated rings. The number of likely N-dealkylation sites (N-methyl/N-ethyl adjacent to an activating group) is 1. The molecule has 0 saturated carbocycles. The lowest BCUT2D eigenvalue weighted by atomic mass is 10.0. The summed E-state index contributed by atoms with van der Waals surface area (Å²) in [4.78, 5) is 26.7. The van der Waals surface area contributed by atoms with E-state index in [1.165, 1.54) is 20.9 Å². The summed E-state index contributed by atoms with van der Waals surface area (Å²) >= 11 is 6.11. The first-order valence-corrected chi connectivity index (χ1v) is 11.1. The number of rotatable bonds is 8. The molecule has 4 rings (SSSR count). The van der Waals surface area contributed by atoms with E-state index in [1.807, 2.05) is 6.07 Å². The standard InChI is InChI=1S/C24H28ClN3O3/c1-27-15-23(29)28(24(27)30)11-3-4-17-6-5-16(12-22(17)31-2)14-26-21-10-7-18-13-19(25)8-9-20(18)21/h5-6,8-9,12-13,21,26H,3-4,7,10-11,14-15H2,1-2H3. The van der Waals surface area contributed by atoms with Crippen molar-refractivity contribution in [3.05, 3.63) is 63.7 Å². The van der Waals surface area contributed by atoms with Crippen LogP contribution < -0.4 is 10.1 Å². The fraction of sp³-hybridized carbons (Fsp3) is 0.417. The Hall–Kier alpha value is -2.57. The highest BCUT2D eigenvalue weighted by atomic mass is 35.5. The largest absolute Gasteiger partial charge is 0.496 e. The summed E-state index contributed by atoms with van der Waals surface area (Å²) in [5, 5.41) is 4.45. The zero-order chi connectivity index (χ0) is 22.0. The van der Waals surface area contributed by atoms with Gasteiger partial charge in [0.15, 0.2) is 0 Å². The second kappa shape index (κ2) is 9.28. The second-order valence-electron chi connectivity index (χ2n) is 8.25. The zero-order valence-electron chi connectivity index (χ0n) is 18.0. The van der Waals surface area contributed by atoms with E-state index in [2.05, 4.69) is 35.6 Å². The molecule has 164 valence electrons. The summed E-state index contributed by atoms with van der Waals surface area (Å²) in [5.41, 5.74) is 4.91. The predicted octanol–water partition coefficient (Wildman–Crippen LogP) is 3.95. The number of carbonyl (C=O) groups is 2. The molecule has 1 N–H and O–H groups in total. The van der Waals surface area contributed by atoms with E-state index in [9.17, 15) is 9.59 Å². The van der Waals surface area contributed by atoms with Crippen molar-refractivity contribution < 1.29 is 14.3 Å². The van der Waals surface area contributed by atoms with Gasteiger partial charge < -0.3 is 15.0 Å². The van der Waals surface area contributed by atoms with E-state index in [4.69, 9.17) is 16.3 Å². The lowest BCUT2D eigenvalue weighted by molar-refractivity contribution is -0.125. The van der Waals surface area contributed by atoms with Gasteiger partial charge in [-0.2, -0.15) is 0 Å². The Morgan fingerprint density at radius 1 is 1.19 bits per heavy atom. The Labute approximate surface area is 188 Å². The quantitative estimate of drug-likeness (QED) is 0.630. The number of carbonyl (C=O) groups excluding carboxylic acids is 2. The van der Waals surface area contributed by atoms with Crippen molar-refractivity contribution in [1.82, 2.24) is 15.1 Å². The number of nitrogens with one attached hydrogen (secondary N) is 1. The van der Waals surface area contributed by atoms with Gasteiger partial charge in [0, 0.05) is 31.2 Å². The minimum atomic E-state index is -0.214. The smallest absolute Gasteiger partial charge is 0.326 e. The number of aryl methyl sites for hydroxylation is 2. The number of halogens is 1. The van der Waals surface area contributed by atoms with E-state index in [0.29, 0.717) is 19.0 Å². The normalized spacial score (nSPS) is 18.1. The van der Waals surface area contributed by atoms with Crippen LogP contribution in [0.15, 0.2) is 36.4 Å². The van der Waals surface area contributed by atoms with Crippen molar-refractivity contribution in [2.75, 3.05) is 27.2 Å². The van der Waals surface area contributed by atoms with Gasteiger partial charge in [0.2, 0.25) is 5.91 Å². The van der Waals surface area contributed by atoms with Gasteiger partial charge in [0.05, 0.1) is 7.11 Å². The van der Waals surface area contributed by atoms with E-state index in [1.54, 1.807) is 14.2 Å². The van der Waals surface area contributed by atoms with Crippen LogP contribution in [-0.2, 0) is 24.2 Å². The van der Waals surface area contributed by atoms with Gasteiger partial charge >= 0.3 is 6.03 Å². The number of fused-ring (bicyclic) bond motifs is 1. The lowest BCUT2D eigenvalue weighted by Crippen LogP contribution is -2.32. The highest BCUT2D eigenvalue weighted by molar-refractivity contribution is 6.30. The number of nitrogens with zero attached hydrogens (tertiary/aromatic N) is 2. The summed E-state index contributed by atoms with van der Waals surface area (Å²) in [6.07, 6.45) is 3.58. The number of urea groups is 1. The lowest BCUT2D eigenvalue weighted by Gasteiger charge is -2.17. The summed E-state index contributed by atoms with van der Waals surface area (Å²) in [5.74, 6) is 0.714. The topological polar surface area (TPSA) is 61.9 Å². The third-order valence-electron chi connectivity index (χ3n) is 6.15. The van der Waals surface area contributed by atoms with Crippen molar-refractivity contribution in [2.24, 2.45) is 0 Å². The molecule has 1 saturated heterocycles. The summed E-state index contributed by atoms with van der Waals surface area (Å²) in [7, 11) is 3.32. The van der Waals surface area contributed by atoms with Crippen LogP contribution >= 0.6 is 11.6 Å². The highest BCUT2D eigenvalue weighted by Gasteiger charge is 2.32. The molecule has 2 aromatic rings. The van der Waals surface area contributed by atoms with Gasteiger partial charge in [-0.05, 0) is 66.1 Å². The van der Waals surface area contributed by atoms with Gasteiger partial charge in [-0.15, -0.1) is 0 Å². The Bertz CT molecular complexity index is 994. The van der Waals surface area contributed by atoms with Gasteiger partial charge in [-0.3, -0.25) is 9.69 Å². The van der Waals surface area contributed by atoms with Crippen LogP contribution in [0.3, 0.4) is 0 Å². The first-order chi connectivity index (χ1) is 15.0. The maximum Gasteiger partial charge on any atom is 0.326 e. The van der Waals surface area contributed by atoms with E-state index >= 15 is 0 Å². The fourth-order valence-corrected chi connectivity index (χ4v) is 4.66. The monoisotopic (exact) mass is 441 g/mol. The molecule has 0 radical (unpaired) electrons. The molecular weight excluding hydrogens is 414 g/mol. The van der Waals surface area contributed by atoms with E-state index in [-0.39, 0.29) is 18.5 Å². The summed E-state index contributed by atoms with van der Waals surface area (Å²) in [6, 6.07) is 12.5. The molecule has 1 heterocycles. The Morgan fingerprint density at radius 3 is 2.77 bits per heavy atom. The average Bonchev–Trinajstić information content (AvgIpc) is 3.27. The molecule has 2 aromatic carbocycles. The van der Waals surface area contributed by atoms with Gasteiger partial charge in [-0.1, -0.05) is 29.8 Å². The van der Waals surface area contributed by atoms with Gasteiger partial charge in [-0.25, -0.2) is 4.79 Å². The van der Waals surface area contributed by atoms with Crippen LogP contribution in [0.2, 0.25) is 5.02 Å². The molecule has 31 heavy (non-hydrogen) atoms. The Morgan fingerprint density at radius 2 is 2.03 bits per heavy atom. The number of benzene rings is 2. The van der Waals surface area contributed by atoms with Gasteiger partial charge in [0.1, 0.15) is 12.3 Å². The van der Waals surface area contributed by atoms with Gasteiger partial charge in [0.25, 0.3) is 0 Å². The first kappa shape index (κ1) is 21.7. The van der Waals surface area contributed by atoms with Crippen LogP contribution in [0, 0.1) is 0 Å². The minimum absolute atomic E-state index is 0.128. The predicted molar refractivity (Wildman–Crippen MR) is 120 cm³/mol. The third-order valence-corrected chi connectivity index (χ3v) is 6.38. The number of ether oxygens (including phenoxy) is 1. The Kier molecular flexibility index (Phi) is 6.49. The molecule has 1 atom stereocenters. The molecule has 0 aromatic heterocycles. The SMILES string of the molecule is COc1cc(CNC2CCc3cc(Cl)ccc32)ccc1CCCN1C(=O)CN(C)C1=O. The van der Waals surface area contributed by atoms with Crippen molar-refractivity contribution >= 4 is 23.5 Å². The minimum Gasteiger partial charge on any atom is -0.496 e. The van der Waals surface area contributed by atoms with Crippen LogP contribution in [0.1, 0.15) is 41.1 Å². The number of hydrogen-bond acceptors (Lipinski definition) is 4. The number of amides is 3. The van der Waals surface area contributed by atoms with Crippen LogP contribution in [0.25, 0.3) is 0 Å². The maximum atomic E-state index is 12.0. The van der Waals surface area contributed by atoms with Crippen LogP contribution in [0.4, 0.5) is 4.79 Å². The molecule has 1 aliphatic carbocycles. The van der Waals surface area contributed by atoms with Crippen LogP contribution in [0.5, 0.6) is 5.75 Å². The van der Waals surface area contributed by atoms with E-state index in [0.717, 1.165) is 47.7 Å². The second-order valence-corrected chi connectivity index (χ2v) is 8.69.